The van der Waals surface area contributed by atoms with Crippen LogP contribution in [0.5, 0.6) is 0 Å². The average Bonchev–Trinajstić information content (AvgIpc) is 2.03. The number of hydrogen-bond donors (Lipinski definition) is 0. The summed E-state index contributed by atoms with van der Waals surface area (Å²) in [5.74, 6) is 0. The van der Waals surface area contributed by atoms with Gasteiger partial charge in [-0.25, -0.2) is 4.98 Å². The molecule has 3 nitrogen and oxygen atoms in total. The summed E-state index contributed by atoms with van der Waals surface area (Å²) in [6, 6.07) is 3.90. The number of halogens is 1. The molecular weight excluding hydrogens is 218 g/mol. The Morgan fingerprint density at radius 3 is 2.67 bits per heavy atom. The van der Waals surface area contributed by atoms with Crippen molar-refractivity contribution in [1.82, 2.24) is 4.98 Å². The molecule has 0 saturated carbocycles. The normalized spacial score (nSPS) is 9.17. The van der Waals surface area contributed by atoms with Gasteiger partial charge in [0.25, 0.3) is 0 Å². The molecule has 0 fully saturated rings. The van der Waals surface area contributed by atoms with Gasteiger partial charge in [-0.15, -0.1) is 0 Å². The Balaban J connectivity index is 3.30. The molecule has 0 atom stereocenters. The second-order valence-electron chi connectivity index (χ2n) is 2.50. The summed E-state index contributed by atoms with van der Waals surface area (Å²) in [4.78, 5) is 5.84. The fourth-order valence-electron chi connectivity index (χ4n) is 0.903. The lowest BCUT2D eigenvalue weighted by atomic mass is 10.2. The molecular formula is C8H8BrN3. The third-order valence-corrected chi connectivity index (χ3v) is 2.08. The van der Waals surface area contributed by atoms with Crippen LogP contribution in [0.3, 0.4) is 0 Å². The molecule has 0 aliphatic carbocycles. The first-order valence-electron chi connectivity index (χ1n) is 3.38. The maximum absolute atomic E-state index is 8.80. The number of rotatable bonds is 1. The molecule has 0 bridgehead atoms. The number of anilines is 1. The molecule has 0 aromatic carbocycles. The van der Waals surface area contributed by atoms with Crippen LogP contribution in [-0.4, -0.2) is 19.1 Å². The van der Waals surface area contributed by atoms with Crippen molar-refractivity contribution >= 4 is 21.6 Å². The molecule has 4 heteroatoms. The molecule has 62 valence electrons. The summed E-state index contributed by atoms with van der Waals surface area (Å²) >= 11 is 3.22. The zero-order valence-corrected chi connectivity index (χ0v) is 8.46. The number of aromatic nitrogens is 1. The van der Waals surface area contributed by atoms with Crippen LogP contribution < -0.4 is 4.90 Å². The summed E-state index contributed by atoms with van der Waals surface area (Å²) in [6.45, 7) is 0. The van der Waals surface area contributed by atoms with Crippen LogP contribution in [-0.2, 0) is 0 Å². The Morgan fingerprint density at radius 1 is 1.58 bits per heavy atom. The van der Waals surface area contributed by atoms with Gasteiger partial charge in [-0.2, -0.15) is 5.26 Å². The molecule has 0 N–H and O–H groups in total. The molecule has 1 aromatic rings. The number of nitrogens with zero attached hydrogens (tertiary/aromatic N) is 3. The highest BCUT2D eigenvalue weighted by Gasteiger charge is 2.07. The maximum atomic E-state index is 8.80. The minimum atomic E-state index is 0.572. The zero-order valence-electron chi connectivity index (χ0n) is 6.87. The summed E-state index contributed by atoms with van der Waals surface area (Å²) in [5, 5.41) is 8.80. The average molecular weight is 226 g/mol. The molecule has 12 heavy (non-hydrogen) atoms. The number of nitriles is 1. The Hall–Kier alpha value is -1.08. The summed E-state index contributed by atoms with van der Waals surface area (Å²) in [7, 11) is 3.78. The Morgan fingerprint density at radius 2 is 2.25 bits per heavy atom. The fraction of sp³-hybridized carbons (Fsp3) is 0.250. The van der Waals surface area contributed by atoms with Crippen molar-refractivity contribution in [2.45, 2.75) is 0 Å². The summed E-state index contributed by atoms with van der Waals surface area (Å²) in [6.07, 6.45) is 1.67. The molecule has 1 aromatic heterocycles. The lowest BCUT2D eigenvalue weighted by molar-refractivity contribution is 1.10. The van der Waals surface area contributed by atoms with Crippen molar-refractivity contribution in [1.29, 1.82) is 5.26 Å². The van der Waals surface area contributed by atoms with Crippen molar-refractivity contribution in [2.75, 3.05) is 19.0 Å². The standard InChI is InChI=1S/C8H8BrN3/c1-12(2)7-3-4-11-8(9)6(7)5-10/h3-4H,1-2H3. The Labute approximate surface area is 79.8 Å². The van der Waals surface area contributed by atoms with Crippen molar-refractivity contribution in [3.05, 3.63) is 22.4 Å². The minimum Gasteiger partial charge on any atom is -0.376 e. The van der Waals surface area contributed by atoms with Gasteiger partial charge in [-0.3, -0.25) is 0 Å². The largest absolute Gasteiger partial charge is 0.376 e. The monoisotopic (exact) mass is 225 g/mol. The smallest absolute Gasteiger partial charge is 0.125 e. The van der Waals surface area contributed by atoms with Gasteiger partial charge in [0.2, 0.25) is 0 Å². The zero-order chi connectivity index (χ0) is 9.14. The molecule has 0 amide bonds. The highest BCUT2D eigenvalue weighted by Crippen LogP contribution is 2.22. The van der Waals surface area contributed by atoms with Gasteiger partial charge in [-0.05, 0) is 22.0 Å². The van der Waals surface area contributed by atoms with E-state index in [0.29, 0.717) is 10.2 Å². The van der Waals surface area contributed by atoms with E-state index in [2.05, 4.69) is 27.0 Å². The van der Waals surface area contributed by atoms with Gasteiger partial charge in [-0.1, -0.05) is 0 Å². The number of hydrogen-bond acceptors (Lipinski definition) is 3. The van der Waals surface area contributed by atoms with Crippen molar-refractivity contribution in [3.8, 4) is 6.07 Å². The lowest BCUT2D eigenvalue weighted by Crippen LogP contribution is -2.10. The second-order valence-corrected chi connectivity index (χ2v) is 3.25. The quantitative estimate of drug-likeness (QED) is 0.685. The molecule has 0 saturated heterocycles. The van der Waals surface area contributed by atoms with Crippen LogP contribution >= 0.6 is 15.9 Å². The van der Waals surface area contributed by atoms with Crippen molar-refractivity contribution < 1.29 is 0 Å². The SMILES string of the molecule is CN(C)c1ccnc(Br)c1C#N. The molecule has 0 spiro atoms. The van der Waals surface area contributed by atoms with Crippen LogP contribution in [0.15, 0.2) is 16.9 Å². The summed E-state index contributed by atoms with van der Waals surface area (Å²) in [5.41, 5.74) is 1.45. The third kappa shape index (κ3) is 1.56. The lowest BCUT2D eigenvalue weighted by Gasteiger charge is -2.13. The molecule has 1 rings (SSSR count). The molecule has 0 radical (unpaired) electrons. The van der Waals surface area contributed by atoms with E-state index in [1.54, 1.807) is 6.20 Å². The highest BCUT2D eigenvalue weighted by atomic mass is 79.9. The second kappa shape index (κ2) is 3.55. The highest BCUT2D eigenvalue weighted by molar-refractivity contribution is 9.10. The Bertz CT molecular complexity index is 328. The fourth-order valence-corrected chi connectivity index (χ4v) is 1.31. The molecule has 0 aliphatic rings. The van der Waals surface area contributed by atoms with Gasteiger partial charge in [0.05, 0.1) is 5.69 Å². The van der Waals surface area contributed by atoms with Gasteiger partial charge in [0.1, 0.15) is 16.2 Å². The van der Waals surface area contributed by atoms with Crippen LogP contribution in [0, 0.1) is 11.3 Å². The summed E-state index contributed by atoms with van der Waals surface area (Å²) < 4.78 is 0.594. The molecule has 0 aliphatic heterocycles. The molecule has 0 unspecified atom stereocenters. The van der Waals surface area contributed by atoms with Crippen molar-refractivity contribution in [3.63, 3.8) is 0 Å². The topological polar surface area (TPSA) is 39.9 Å². The predicted octanol–water partition coefficient (Wildman–Crippen LogP) is 1.78. The number of pyridine rings is 1. The predicted molar refractivity (Wildman–Crippen MR) is 51.0 cm³/mol. The van der Waals surface area contributed by atoms with Crippen molar-refractivity contribution in [2.24, 2.45) is 0 Å². The van der Waals surface area contributed by atoms with Crippen LogP contribution in [0.2, 0.25) is 0 Å². The first kappa shape index (κ1) is 9.01. The minimum absolute atomic E-state index is 0.572. The van der Waals surface area contributed by atoms with Crippen LogP contribution in [0.25, 0.3) is 0 Å². The Kier molecular flexibility index (Phi) is 2.66. The van der Waals surface area contributed by atoms with Crippen LogP contribution in [0.4, 0.5) is 5.69 Å². The van der Waals surface area contributed by atoms with Gasteiger partial charge < -0.3 is 4.90 Å². The first-order valence-corrected chi connectivity index (χ1v) is 4.18. The van der Waals surface area contributed by atoms with E-state index in [1.165, 1.54) is 0 Å². The van der Waals surface area contributed by atoms with E-state index >= 15 is 0 Å². The molecule has 1 heterocycles. The van der Waals surface area contributed by atoms with E-state index in [-0.39, 0.29) is 0 Å². The van der Waals surface area contributed by atoms with E-state index in [4.69, 9.17) is 5.26 Å². The van der Waals surface area contributed by atoms with E-state index < -0.39 is 0 Å². The maximum Gasteiger partial charge on any atom is 0.125 e. The van der Waals surface area contributed by atoms with Crippen LogP contribution in [0.1, 0.15) is 5.56 Å². The third-order valence-electron chi connectivity index (χ3n) is 1.48. The van der Waals surface area contributed by atoms with E-state index in [9.17, 15) is 0 Å². The van der Waals surface area contributed by atoms with Gasteiger partial charge in [0.15, 0.2) is 0 Å². The van der Waals surface area contributed by atoms with E-state index in [0.717, 1.165) is 5.69 Å². The first-order chi connectivity index (χ1) is 5.66. The van der Waals surface area contributed by atoms with E-state index in [1.807, 2.05) is 25.1 Å². The van der Waals surface area contributed by atoms with Gasteiger partial charge >= 0.3 is 0 Å². The van der Waals surface area contributed by atoms with Gasteiger partial charge in [0, 0.05) is 20.3 Å².